The number of hydrogen-bond donors (Lipinski definition) is 1. The van der Waals surface area contributed by atoms with Gasteiger partial charge in [0, 0.05) is 57.7 Å². The molecule has 1 amide bonds. The Kier molecular flexibility index (Phi) is 5.90. The van der Waals surface area contributed by atoms with Crippen LogP contribution in [0.15, 0.2) is 18.2 Å². The molecule has 2 aromatic rings. The lowest BCUT2D eigenvalue weighted by Crippen LogP contribution is -2.33. The Morgan fingerprint density at radius 2 is 2.13 bits per heavy atom. The molecule has 160 valence electrons. The van der Waals surface area contributed by atoms with Gasteiger partial charge < -0.3 is 15.0 Å². The van der Waals surface area contributed by atoms with Crippen molar-refractivity contribution in [1.82, 2.24) is 19.8 Å². The summed E-state index contributed by atoms with van der Waals surface area (Å²) in [5.74, 6) is 2.69. The van der Waals surface area contributed by atoms with E-state index in [2.05, 4.69) is 35.3 Å². The van der Waals surface area contributed by atoms with E-state index in [0.29, 0.717) is 0 Å². The fourth-order valence-corrected chi connectivity index (χ4v) is 4.62. The van der Waals surface area contributed by atoms with Gasteiger partial charge in [-0.2, -0.15) is 0 Å². The molecule has 1 N–H and O–H groups in total. The van der Waals surface area contributed by atoms with E-state index in [4.69, 9.17) is 14.7 Å². The molecule has 0 saturated carbocycles. The van der Waals surface area contributed by atoms with Crippen molar-refractivity contribution in [2.24, 2.45) is 0 Å². The van der Waals surface area contributed by atoms with Crippen molar-refractivity contribution in [3.8, 4) is 5.75 Å². The molecule has 4 rings (SSSR count). The highest BCUT2D eigenvalue weighted by atomic mass is 16.5. The SMILES string of the molecule is CNc1nc([C@H]2CCCN2C(C)=O)nc2c1CN(Cc1ccc(C)cc1OC)CC2. The fraction of sp³-hybridized carbons (Fsp3) is 0.522. The second-order valence-electron chi connectivity index (χ2n) is 8.25. The van der Waals surface area contributed by atoms with E-state index in [-0.39, 0.29) is 11.9 Å². The number of anilines is 1. The maximum absolute atomic E-state index is 12.0. The molecule has 3 heterocycles. The van der Waals surface area contributed by atoms with Gasteiger partial charge in [0.2, 0.25) is 5.91 Å². The zero-order chi connectivity index (χ0) is 21.3. The summed E-state index contributed by atoms with van der Waals surface area (Å²) in [6.45, 7) is 7.06. The van der Waals surface area contributed by atoms with Crippen LogP contribution in [0.25, 0.3) is 0 Å². The second kappa shape index (κ2) is 8.60. The van der Waals surface area contributed by atoms with Gasteiger partial charge in [-0.1, -0.05) is 12.1 Å². The lowest BCUT2D eigenvalue weighted by Gasteiger charge is -2.31. The average Bonchev–Trinajstić information content (AvgIpc) is 3.24. The summed E-state index contributed by atoms with van der Waals surface area (Å²) in [4.78, 5) is 26.1. The van der Waals surface area contributed by atoms with Crippen LogP contribution in [0.2, 0.25) is 0 Å². The number of nitrogens with zero attached hydrogens (tertiary/aromatic N) is 4. The molecule has 0 aliphatic carbocycles. The van der Waals surface area contributed by atoms with Crippen LogP contribution in [-0.2, 0) is 24.3 Å². The number of nitrogens with one attached hydrogen (secondary N) is 1. The second-order valence-corrected chi connectivity index (χ2v) is 8.25. The van der Waals surface area contributed by atoms with Crippen LogP contribution in [0.1, 0.15) is 54.0 Å². The third kappa shape index (κ3) is 3.99. The molecule has 0 bridgehead atoms. The topological polar surface area (TPSA) is 70.6 Å². The van der Waals surface area contributed by atoms with Crippen LogP contribution in [0, 0.1) is 6.92 Å². The molecule has 1 atom stereocenters. The first-order valence-corrected chi connectivity index (χ1v) is 10.7. The first kappa shape index (κ1) is 20.6. The fourth-order valence-electron chi connectivity index (χ4n) is 4.62. The Labute approximate surface area is 178 Å². The van der Waals surface area contributed by atoms with Crippen LogP contribution in [-0.4, -0.2) is 52.9 Å². The molecule has 1 aromatic heterocycles. The minimum atomic E-state index is -0.00486. The Hall–Kier alpha value is -2.67. The number of rotatable bonds is 5. The number of carbonyl (C=O) groups excluding carboxylic acids is 1. The number of ether oxygens (including phenoxy) is 1. The van der Waals surface area contributed by atoms with Gasteiger partial charge in [-0.3, -0.25) is 9.69 Å². The van der Waals surface area contributed by atoms with Crippen LogP contribution in [0.4, 0.5) is 5.82 Å². The van der Waals surface area contributed by atoms with Crippen molar-refractivity contribution < 1.29 is 9.53 Å². The number of benzene rings is 1. The summed E-state index contributed by atoms with van der Waals surface area (Å²) >= 11 is 0. The molecule has 0 radical (unpaired) electrons. The van der Waals surface area contributed by atoms with Crippen molar-refractivity contribution in [1.29, 1.82) is 0 Å². The van der Waals surface area contributed by atoms with Crippen LogP contribution < -0.4 is 10.1 Å². The van der Waals surface area contributed by atoms with Gasteiger partial charge in [-0.15, -0.1) is 0 Å². The molecule has 30 heavy (non-hydrogen) atoms. The summed E-state index contributed by atoms with van der Waals surface area (Å²) < 4.78 is 5.59. The van der Waals surface area contributed by atoms with Crippen molar-refractivity contribution in [2.75, 3.05) is 32.6 Å². The predicted octanol–water partition coefficient (Wildman–Crippen LogP) is 3.08. The van der Waals surface area contributed by atoms with Crippen LogP contribution in [0.5, 0.6) is 5.75 Å². The largest absolute Gasteiger partial charge is 0.496 e. The third-order valence-corrected chi connectivity index (χ3v) is 6.19. The maximum atomic E-state index is 12.0. The quantitative estimate of drug-likeness (QED) is 0.818. The maximum Gasteiger partial charge on any atom is 0.220 e. The Balaban J connectivity index is 1.57. The van der Waals surface area contributed by atoms with Crippen molar-refractivity contribution in [3.63, 3.8) is 0 Å². The number of amides is 1. The zero-order valence-corrected chi connectivity index (χ0v) is 18.4. The summed E-state index contributed by atoms with van der Waals surface area (Å²) in [6, 6.07) is 6.37. The lowest BCUT2D eigenvalue weighted by atomic mass is 10.0. The predicted molar refractivity (Wildman–Crippen MR) is 116 cm³/mol. The highest BCUT2D eigenvalue weighted by molar-refractivity contribution is 5.74. The molecule has 7 nitrogen and oxygen atoms in total. The number of likely N-dealkylation sites (tertiary alicyclic amines) is 1. The van der Waals surface area contributed by atoms with E-state index < -0.39 is 0 Å². The number of fused-ring (bicyclic) bond motifs is 1. The third-order valence-electron chi connectivity index (χ3n) is 6.19. The summed E-state index contributed by atoms with van der Waals surface area (Å²) in [7, 11) is 3.64. The van der Waals surface area contributed by atoms with Gasteiger partial charge in [0.15, 0.2) is 5.82 Å². The van der Waals surface area contributed by atoms with Gasteiger partial charge in [0.05, 0.1) is 18.8 Å². The molecule has 2 aliphatic heterocycles. The molecule has 1 fully saturated rings. The minimum Gasteiger partial charge on any atom is -0.496 e. The van der Waals surface area contributed by atoms with Gasteiger partial charge >= 0.3 is 0 Å². The first-order chi connectivity index (χ1) is 14.5. The van der Waals surface area contributed by atoms with Gasteiger partial charge in [-0.25, -0.2) is 9.97 Å². The van der Waals surface area contributed by atoms with E-state index in [0.717, 1.165) is 74.1 Å². The molecule has 0 unspecified atom stereocenters. The van der Waals surface area contributed by atoms with Crippen LogP contribution in [0.3, 0.4) is 0 Å². The molecular weight excluding hydrogens is 378 g/mol. The van der Waals surface area contributed by atoms with Crippen LogP contribution >= 0.6 is 0 Å². The van der Waals surface area contributed by atoms with Gasteiger partial charge in [0.1, 0.15) is 11.6 Å². The number of carbonyl (C=O) groups is 1. The van der Waals surface area contributed by atoms with Crippen molar-refractivity contribution >= 4 is 11.7 Å². The molecule has 0 spiro atoms. The average molecular weight is 410 g/mol. The molecule has 7 heteroatoms. The monoisotopic (exact) mass is 409 g/mol. The van der Waals surface area contributed by atoms with E-state index >= 15 is 0 Å². The van der Waals surface area contributed by atoms with Gasteiger partial charge in [0.25, 0.3) is 0 Å². The van der Waals surface area contributed by atoms with Gasteiger partial charge in [-0.05, 0) is 31.4 Å². The van der Waals surface area contributed by atoms with Crippen molar-refractivity contribution in [2.45, 2.75) is 52.2 Å². The summed E-state index contributed by atoms with van der Waals surface area (Å²) in [6.07, 6.45) is 2.81. The van der Waals surface area contributed by atoms with E-state index in [1.807, 2.05) is 11.9 Å². The smallest absolute Gasteiger partial charge is 0.220 e. The normalized spacial score (nSPS) is 18.9. The first-order valence-electron chi connectivity index (χ1n) is 10.7. The number of hydrogen-bond acceptors (Lipinski definition) is 6. The zero-order valence-electron chi connectivity index (χ0n) is 18.4. The highest BCUT2D eigenvalue weighted by Crippen LogP contribution is 2.33. The number of aromatic nitrogens is 2. The minimum absolute atomic E-state index is 0.00486. The summed E-state index contributed by atoms with van der Waals surface area (Å²) in [5.41, 5.74) is 4.65. The number of aryl methyl sites for hydroxylation is 1. The molecule has 2 aliphatic rings. The van der Waals surface area contributed by atoms with E-state index in [1.54, 1.807) is 14.0 Å². The Bertz CT molecular complexity index is 928. The van der Waals surface area contributed by atoms with E-state index in [9.17, 15) is 4.79 Å². The standard InChI is InChI=1S/C23H31N5O2/c1-15-7-8-17(21(12-15)30-4)13-27-11-9-19-18(14-27)22(24-3)26-23(25-19)20-6-5-10-28(20)16(2)29/h7-8,12,20H,5-6,9-11,13-14H2,1-4H3,(H,24,25,26)/t20-/m1/s1. The molecular formula is C23H31N5O2. The Morgan fingerprint density at radius 1 is 1.30 bits per heavy atom. The molecule has 1 saturated heterocycles. The lowest BCUT2D eigenvalue weighted by molar-refractivity contribution is -0.129. The van der Waals surface area contributed by atoms with E-state index in [1.165, 1.54) is 11.1 Å². The van der Waals surface area contributed by atoms with Crippen molar-refractivity contribution in [3.05, 3.63) is 46.4 Å². The summed E-state index contributed by atoms with van der Waals surface area (Å²) in [5, 5.41) is 3.27. The highest BCUT2D eigenvalue weighted by Gasteiger charge is 2.32. The molecule has 1 aromatic carbocycles. The number of methoxy groups -OCH3 is 1. The Morgan fingerprint density at radius 3 is 2.87 bits per heavy atom.